The Bertz CT molecular complexity index is 414. The van der Waals surface area contributed by atoms with E-state index < -0.39 is 0 Å². The molecule has 1 unspecified atom stereocenters. The van der Waals surface area contributed by atoms with E-state index in [0.717, 1.165) is 24.0 Å². The minimum Gasteiger partial charge on any atom is -0.370 e. The highest BCUT2D eigenvalue weighted by Crippen LogP contribution is 2.38. The van der Waals surface area contributed by atoms with Crippen LogP contribution < -0.4 is 10.6 Å². The number of hydrogen-bond acceptors (Lipinski definition) is 4. The van der Waals surface area contributed by atoms with Crippen LogP contribution in [0.2, 0.25) is 0 Å². The normalized spacial score (nSPS) is 21.9. The standard InChI is InChI=1S/C14H24N4/c1-5-15-12-8-13(17-10(2)16-12)18-11-6-7-14(3,4)9-11/h8,11H,5-7,9H2,1-4H3,(H2,15,16,17,18). The molecular formula is C14H24N4. The first-order chi connectivity index (χ1) is 8.48. The SMILES string of the molecule is CCNc1cc(NC2CCC(C)(C)C2)nc(C)n1. The third-order valence-corrected chi connectivity index (χ3v) is 3.52. The van der Waals surface area contributed by atoms with Gasteiger partial charge in [0.05, 0.1) is 0 Å². The number of anilines is 2. The Morgan fingerprint density at radius 3 is 2.67 bits per heavy atom. The van der Waals surface area contributed by atoms with E-state index in [9.17, 15) is 0 Å². The molecule has 0 saturated heterocycles. The minimum absolute atomic E-state index is 0.463. The van der Waals surface area contributed by atoms with Crippen molar-refractivity contribution in [3.8, 4) is 0 Å². The molecule has 1 aromatic rings. The van der Waals surface area contributed by atoms with Crippen molar-refractivity contribution in [2.45, 2.75) is 53.0 Å². The summed E-state index contributed by atoms with van der Waals surface area (Å²) in [6, 6.07) is 2.55. The smallest absolute Gasteiger partial charge is 0.132 e. The van der Waals surface area contributed by atoms with Crippen LogP contribution in [-0.2, 0) is 0 Å². The molecule has 1 fully saturated rings. The lowest BCUT2D eigenvalue weighted by atomic mass is 9.92. The zero-order valence-corrected chi connectivity index (χ0v) is 11.9. The van der Waals surface area contributed by atoms with Gasteiger partial charge in [0.2, 0.25) is 0 Å². The van der Waals surface area contributed by atoms with E-state index >= 15 is 0 Å². The average molecular weight is 248 g/mol. The molecule has 0 spiro atoms. The molecule has 2 N–H and O–H groups in total. The fourth-order valence-corrected chi connectivity index (χ4v) is 2.68. The van der Waals surface area contributed by atoms with Crippen LogP contribution in [-0.4, -0.2) is 22.6 Å². The third kappa shape index (κ3) is 3.34. The molecule has 1 atom stereocenters. The fraction of sp³-hybridized carbons (Fsp3) is 0.714. The monoisotopic (exact) mass is 248 g/mol. The Hall–Kier alpha value is -1.32. The first-order valence-electron chi connectivity index (χ1n) is 6.84. The van der Waals surface area contributed by atoms with Gasteiger partial charge in [0.25, 0.3) is 0 Å². The maximum atomic E-state index is 4.47. The summed E-state index contributed by atoms with van der Waals surface area (Å²) in [6.45, 7) is 9.56. The number of nitrogens with one attached hydrogen (secondary N) is 2. The summed E-state index contributed by atoms with van der Waals surface area (Å²) in [7, 11) is 0. The molecule has 100 valence electrons. The molecule has 2 rings (SSSR count). The van der Waals surface area contributed by atoms with Crippen molar-refractivity contribution in [3.63, 3.8) is 0 Å². The van der Waals surface area contributed by atoms with E-state index in [4.69, 9.17) is 0 Å². The second kappa shape index (κ2) is 5.12. The van der Waals surface area contributed by atoms with Crippen LogP contribution in [0.25, 0.3) is 0 Å². The summed E-state index contributed by atoms with van der Waals surface area (Å²) < 4.78 is 0. The number of aromatic nitrogens is 2. The van der Waals surface area contributed by atoms with Gasteiger partial charge in [-0.2, -0.15) is 0 Å². The van der Waals surface area contributed by atoms with E-state index in [1.54, 1.807) is 0 Å². The zero-order valence-electron chi connectivity index (χ0n) is 11.9. The van der Waals surface area contributed by atoms with Gasteiger partial charge in [-0.1, -0.05) is 13.8 Å². The van der Waals surface area contributed by atoms with Crippen molar-refractivity contribution in [2.75, 3.05) is 17.2 Å². The van der Waals surface area contributed by atoms with Crippen LogP contribution in [0.3, 0.4) is 0 Å². The first-order valence-corrected chi connectivity index (χ1v) is 6.84. The van der Waals surface area contributed by atoms with Crippen LogP contribution in [0.15, 0.2) is 6.07 Å². The summed E-state index contributed by atoms with van der Waals surface area (Å²) >= 11 is 0. The van der Waals surface area contributed by atoms with Gasteiger partial charge in [-0.3, -0.25) is 0 Å². The fourth-order valence-electron chi connectivity index (χ4n) is 2.68. The molecule has 0 bridgehead atoms. The van der Waals surface area contributed by atoms with Crippen molar-refractivity contribution >= 4 is 11.6 Å². The van der Waals surface area contributed by atoms with Crippen LogP contribution in [0, 0.1) is 12.3 Å². The Morgan fingerprint density at radius 1 is 1.33 bits per heavy atom. The number of nitrogens with zero attached hydrogens (tertiary/aromatic N) is 2. The molecule has 1 aromatic heterocycles. The van der Waals surface area contributed by atoms with Crippen LogP contribution in [0.1, 0.15) is 45.9 Å². The third-order valence-electron chi connectivity index (χ3n) is 3.52. The highest BCUT2D eigenvalue weighted by molar-refractivity contribution is 5.48. The van der Waals surface area contributed by atoms with Gasteiger partial charge in [-0.15, -0.1) is 0 Å². The lowest BCUT2D eigenvalue weighted by Crippen LogP contribution is -2.19. The van der Waals surface area contributed by atoms with Crippen molar-refractivity contribution in [2.24, 2.45) is 5.41 Å². The Balaban J connectivity index is 2.05. The second-order valence-corrected chi connectivity index (χ2v) is 5.96. The molecule has 1 aliphatic rings. The van der Waals surface area contributed by atoms with Crippen LogP contribution in [0.5, 0.6) is 0 Å². The summed E-state index contributed by atoms with van der Waals surface area (Å²) in [5.41, 5.74) is 0.463. The number of rotatable bonds is 4. The molecule has 0 aromatic carbocycles. The van der Waals surface area contributed by atoms with E-state index in [2.05, 4.69) is 41.4 Å². The molecule has 0 aliphatic heterocycles. The van der Waals surface area contributed by atoms with Crippen molar-refractivity contribution in [3.05, 3.63) is 11.9 Å². The zero-order chi connectivity index (χ0) is 13.2. The summed E-state index contributed by atoms with van der Waals surface area (Å²) in [5, 5.41) is 6.78. The van der Waals surface area contributed by atoms with Gasteiger partial charge in [0.15, 0.2) is 0 Å². The molecule has 4 nitrogen and oxygen atoms in total. The van der Waals surface area contributed by atoms with E-state index in [0.29, 0.717) is 11.5 Å². The predicted octanol–water partition coefficient (Wildman–Crippen LogP) is 3.21. The minimum atomic E-state index is 0.463. The molecule has 18 heavy (non-hydrogen) atoms. The molecule has 1 heterocycles. The molecule has 1 saturated carbocycles. The Kier molecular flexibility index (Phi) is 3.73. The van der Waals surface area contributed by atoms with Crippen LogP contribution >= 0.6 is 0 Å². The van der Waals surface area contributed by atoms with Gasteiger partial charge in [-0.25, -0.2) is 9.97 Å². The highest BCUT2D eigenvalue weighted by Gasteiger charge is 2.30. The lowest BCUT2D eigenvalue weighted by molar-refractivity contribution is 0.378. The number of aryl methyl sites for hydroxylation is 1. The van der Waals surface area contributed by atoms with Crippen molar-refractivity contribution < 1.29 is 0 Å². The summed E-state index contributed by atoms with van der Waals surface area (Å²) in [5.74, 6) is 2.67. The molecule has 1 aliphatic carbocycles. The van der Waals surface area contributed by atoms with Gasteiger partial charge in [0, 0.05) is 18.7 Å². The van der Waals surface area contributed by atoms with E-state index in [1.165, 1.54) is 19.3 Å². The number of hydrogen-bond donors (Lipinski definition) is 2. The van der Waals surface area contributed by atoms with Gasteiger partial charge >= 0.3 is 0 Å². The van der Waals surface area contributed by atoms with Crippen LogP contribution in [0.4, 0.5) is 11.6 Å². The summed E-state index contributed by atoms with van der Waals surface area (Å²) in [6.07, 6.45) is 3.73. The maximum absolute atomic E-state index is 4.47. The highest BCUT2D eigenvalue weighted by atomic mass is 15.1. The van der Waals surface area contributed by atoms with Gasteiger partial charge < -0.3 is 10.6 Å². The maximum Gasteiger partial charge on any atom is 0.132 e. The van der Waals surface area contributed by atoms with Crippen molar-refractivity contribution in [1.82, 2.24) is 9.97 Å². The Labute approximate surface area is 110 Å². The Morgan fingerprint density at radius 2 is 2.06 bits per heavy atom. The molecule has 0 amide bonds. The topological polar surface area (TPSA) is 49.8 Å². The lowest BCUT2D eigenvalue weighted by Gasteiger charge is -2.18. The van der Waals surface area contributed by atoms with Gasteiger partial charge in [0.1, 0.15) is 17.5 Å². The van der Waals surface area contributed by atoms with Crippen molar-refractivity contribution in [1.29, 1.82) is 0 Å². The molecular weight excluding hydrogens is 224 g/mol. The quantitative estimate of drug-likeness (QED) is 0.859. The first kappa shape index (κ1) is 13.1. The van der Waals surface area contributed by atoms with E-state index in [1.807, 2.05) is 13.0 Å². The second-order valence-electron chi connectivity index (χ2n) is 5.96. The van der Waals surface area contributed by atoms with E-state index in [-0.39, 0.29) is 0 Å². The predicted molar refractivity (Wildman–Crippen MR) is 76.0 cm³/mol. The average Bonchev–Trinajstić information content (AvgIpc) is 2.57. The van der Waals surface area contributed by atoms with Gasteiger partial charge in [-0.05, 0) is 38.5 Å². The molecule has 4 heteroatoms. The largest absolute Gasteiger partial charge is 0.370 e. The summed E-state index contributed by atoms with van der Waals surface area (Å²) in [4.78, 5) is 8.83. The molecule has 0 radical (unpaired) electrons.